The minimum absolute atomic E-state index is 0.527. The van der Waals surface area contributed by atoms with E-state index in [4.69, 9.17) is 0 Å². The van der Waals surface area contributed by atoms with Crippen LogP contribution in [-0.2, 0) is 16.2 Å². The molecule has 0 unspecified atom stereocenters. The third kappa shape index (κ3) is 3.54. The van der Waals surface area contributed by atoms with Crippen molar-refractivity contribution in [2.45, 2.75) is 16.2 Å². The van der Waals surface area contributed by atoms with E-state index in [0.717, 1.165) is 0 Å². The van der Waals surface area contributed by atoms with Crippen LogP contribution in [-0.4, -0.2) is 0 Å². The molecule has 0 N–H and O–H groups in total. The lowest BCUT2D eigenvalue weighted by Gasteiger charge is -2.37. The van der Waals surface area contributed by atoms with Crippen LogP contribution in [0.5, 0.6) is 0 Å². The molecule has 0 heterocycles. The van der Waals surface area contributed by atoms with Gasteiger partial charge in [0.05, 0.1) is 16.2 Å². The molecule has 0 heteroatoms. The summed E-state index contributed by atoms with van der Waals surface area (Å²) in [6.45, 7) is 0. The fraction of sp³-hybridized carbons (Fsp3) is 0.0545. The fourth-order valence-corrected chi connectivity index (χ4v) is 11.6. The summed E-state index contributed by atoms with van der Waals surface area (Å²) in [4.78, 5) is 0. The zero-order chi connectivity index (χ0) is 36.2. The molecule has 0 aliphatic heterocycles. The molecule has 8 aromatic rings. The van der Waals surface area contributed by atoms with Gasteiger partial charge in [0.1, 0.15) is 0 Å². The third-order valence-electron chi connectivity index (χ3n) is 13.2. The molecule has 0 saturated heterocycles. The second-order valence-electron chi connectivity index (χ2n) is 15.4. The summed E-state index contributed by atoms with van der Waals surface area (Å²) < 4.78 is 0. The maximum Gasteiger partial charge on any atom is 0.0732 e. The molecular formula is C55H36. The molecule has 55 heavy (non-hydrogen) atoms. The zero-order valence-electron chi connectivity index (χ0n) is 30.3. The van der Waals surface area contributed by atoms with Crippen molar-refractivity contribution in [3.05, 3.63) is 285 Å². The highest BCUT2D eigenvalue weighted by Gasteiger charge is 2.66. The lowest BCUT2D eigenvalue weighted by atomic mass is 9.64. The minimum Gasteiger partial charge on any atom is -0.0622 e. The Bertz CT molecular complexity index is 2610. The van der Waals surface area contributed by atoms with Gasteiger partial charge in [-0.2, -0.15) is 0 Å². The van der Waals surface area contributed by atoms with Gasteiger partial charge in [-0.1, -0.05) is 218 Å². The summed E-state index contributed by atoms with van der Waals surface area (Å²) in [7, 11) is 0. The second-order valence-corrected chi connectivity index (χ2v) is 15.4. The Kier molecular flexibility index (Phi) is 6.21. The van der Waals surface area contributed by atoms with Crippen LogP contribution in [0.3, 0.4) is 0 Å². The van der Waals surface area contributed by atoms with Crippen LogP contribution in [0.2, 0.25) is 0 Å². The molecule has 8 aromatic carbocycles. The van der Waals surface area contributed by atoms with Crippen molar-refractivity contribution < 1.29 is 0 Å². The molecule has 0 amide bonds. The largest absolute Gasteiger partial charge is 0.0732 e. The predicted octanol–water partition coefficient (Wildman–Crippen LogP) is 12.5. The van der Waals surface area contributed by atoms with Gasteiger partial charge in [0.2, 0.25) is 0 Å². The Morgan fingerprint density at radius 1 is 0.182 bits per heavy atom. The van der Waals surface area contributed by atoms with Crippen molar-refractivity contribution in [3.63, 3.8) is 0 Å². The van der Waals surface area contributed by atoms with E-state index in [1.807, 2.05) is 0 Å². The average molecular weight is 697 g/mol. The molecule has 0 bridgehead atoms. The molecule has 0 aromatic heterocycles. The van der Waals surface area contributed by atoms with Gasteiger partial charge in [0.25, 0.3) is 0 Å². The maximum absolute atomic E-state index is 2.44. The Morgan fingerprint density at radius 3 is 0.655 bits per heavy atom. The topological polar surface area (TPSA) is 0 Å². The van der Waals surface area contributed by atoms with Gasteiger partial charge in [-0.25, -0.2) is 0 Å². The number of fused-ring (bicyclic) bond motifs is 12. The summed E-state index contributed by atoms with van der Waals surface area (Å²) in [5, 5.41) is 0. The molecule has 12 rings (SSSR count). The van der Waals surface area contributed by atoms with Gasteiger partial charge in [-0.3, -0.25) is 0 Å². The molecular weight excluding hydrogens is 661 g/mol. The molecule has 0 radical (unpaired) electrons. The van der Waals surface area contributed by atoms with Crippen LogP contribution in [0.4, 0.5) is 0 Å². The van der Waals surface area contributed by atoms with Crippen molar-refractivity contribution in [1.29, 1.82) is 0 Å². The van der Waals surface area contributed by atoms with E-state index in [1.54, 1.807) is 0 Å². The Morgan fingerprint density at radius 2 is 0.382 bits per heavy atom. The first-order valence-corrected chi connectivity index (χ1v) is 19.5. The van der Waals surface area contributed by atoms with Crippen LogP contribution in [0, 0.1) is 0 Å². The van der Waals surface area contributed by atoms with E-state index in [2.05, 4.69) is 218 Å². The lowest BCUT2D eigenvalue weighted by molar-refractivity contribution is 0.809. The second kappa shape index (κ2) is 11.1. The van der Waals surface area contributed by atoms with Gasteiger partial charge in [0.15, 0.2) is 0 Å². The number of hydrogen-bond donors (Lipinski definition) is 0. The highest BCUT2D eigenvalue weighted by Crippen LogP contribution is 2.77. The van der Waals surface area contributed by atoms with E-state index in [0.29, 0.717) is 0 Å². The molecule has 4 aliphatic rings. The number of benzene rings is 8. The molecule has 256 valence electrons. The monoisotopic (exact) mass is 696 g/mol. The van der Waals surface area contributed by atoms with Gasteiger partial charge >= 0.3 is 0 Å². The van der Waals surface area contributed by atoms with E-state index in [9.17, 15) is 0 Å². The summed E-state index contributed by atoms with van der Waals surface area (Å²) in [5.74, 6) is 0. The van der Waals surface area contributed by atoms with Crippen molar-refractivity contribution in [2.75, 3.05) is 0 Å². The molecule has 0 nitrogen and oxygen atoms in total. The van der Waals surface area contributed by atoms with Crippen LogP contribution >= 0.6 is 0 Å². The van der Waals surface area contributed by atoms with Gasteiger partial charge in [-0.05, 0) is 89.1 Å². The van der Waals surface area contributed by atoms with E-state index in [1.165, 1.54) is 89.1 Å². The average Bonchev–Trinajstić information content (AvgIpc) is 3.96. The molecule has 1 spiro atoms. The highest BCUT2D eigenvalue weighted by atomic mass is 14.7. The lowest BCUT2D eigenvalue weighted by Crippen LogP contribution is -2.30. The molecule has 4 aliphatic carbocycles. The van der Waals surface area contributed by atoms with Gasteiger partial charge < -0.3 is 0 Å². The maximum atomic E-state index is 2.44. The van der Waals surface area contributed by atoms with Crippen molar-refractivity contribution >= 4 is 22.3 Å². The van der Waals surface area contributed by atoms with Crippen LogP contribution < -0.4 is 0 Å². The zero-order valence-corrected chi connectivity index (χ0v) is 30.3. The number of hydrogen-bond acceptors (Lipinski definition) is 0. The summed E-state index contributed by atoms with van der Waals surface area (Å²) in [6.07, 6.45) is 0. The standard InChI is InChI=1S/C55H36/c1-5-21-37(22-6-1)53(38-23-7-2-8-24-38)45-33-17-13-29-41(45)51-49(53)43-31-15-19-35-47(43)55(51)48-36-20-16-32-44(48)50-52(55)42-30-14-18-34-46(42)54(50,39-25-9-3-10-26-39)40-27-11-4-12-28-40/h1-36H. The van der Waals surface area contributed by atoms with Crippen LogP contribution in [0.25, 0.3) is 22.3 Å². The normalized spacial score (nSPS) is 17.0. The number of rotatable bonds is 4. The molecule has 0 saturated carbocycles. The van der Waals surface area contributed by atoms with E-state index >= 15 is 0 Å². The van der Waals surface area contributed by atoms with Crippen LogP contribution in [0.15, 0.2) is 218 Å². The quantitative estimate of drug-likeness (QED) is 0.172. The molecule has 0 fully saturated rings. The summed E-state index contributed by atoms with van der Waals surface area (Å²) >= 11 is 0. The van der Waals surface area contributed by atoms with Gasteiger partial charge in [-0.15, -0.1) is 0 Å². The summed E-state index contributed by atoms with van der Waals surface area (Å²) in [6, 6.07) is 82.5. The number of allylic oxidation sites excluding steroid dienone is 4. The van der Waals surface area contributed by atoms with Crippen molar-refractivity contribution in [2.24, 2.45) is 0 Å². The minimum atomic E-state index is -0.569. The summed E-state index contributed by atoms with van der Waals surface area (Å²) in [5.41, 5.74) is 20.0. The first kappa shape index (κ1) is 30.7. The highest BCUT2D eigenvalue weighted by molar-refractivity contribution is 6.26. The van der Waals surface area contributed by atoms with Crippen LogP contribution in [0.1, 0.15) is 66.8 Å². The Balaban J connectivity index is 1.33. The predicted molar refractivity (Wildman–Crippen MR) is 226 cm³/mol. The SMILES string of the molecule is c1ccc(C2(c3ccccc3)C3=C(c4ccccc42)C2(C4=C(c5ccccc52)C(c2ccccc2)(c2ccccc2)c2ccccc24)c2ccccc23)cc1. The Labute approximate surface area is 322 Å². The van der Waals surface area contributed by atoms with Crippen molar-refractivity contribution in [3.8, 4) is 0 Å². The van der Waals surface area contributed by atoms with E-state index in [-0.39, 0.29) is 0 Å². The first-order valence-electron chi connectivity index (χ1n) is 19.5. The van der Waals surface area contributed by atoms with E-state index < -0.39 is 16.2 Å². The van der Waals surface area contributed by atoms with Crippen molar-refractivity contribution in [1.82, 2.24) is 0 Å². The first-order chi connectivity index (χ1) is 27.3. The third-order valence-corrected chi connectivity index (χ3v) is 13.2. The fourth-order valence-electron chi connectivity index (χ4n) is 11.6. The molecule has 0 atom stereocenters. The Hall–Kier alpha value is -6.76. The smallest absolute Gasteiger partial charge is 0.0622 e. The van der Waals surface area contributed by atoms with Gasteiger partial charge in [0, 0.05) is 0 Å².